The average Bonchev–Trinajstić information content (AvgIpc) is 2.97. The summed E-state index contributed by atoms with van der Waals surface area (Å²) in [6, 6.07) is 12.2. The molecule has 3 heterocycles. The van der Waals surface area contributed by atoms with Gasteiger partial charge in [0, 0.05) is 17.2 Å². The highest BCUT2D eigenvalue weighted by atomic mass is 32.2. The van der Waals surface area contributed by atoms with E-state index in [-0.39, 0.29) is 46.7 Å². The van der Waals surface area contributed by atoms with Crippen molar-refractivity contribution in [2.75, 3.05) is 11.3 Å². The summed E-state index contributed by atoms with van der Waals surface area (Å²) in [5.74, 6) is -1.29. The fraction of sp³-hybridized carbons (Fsp3) is 0.344. The highest BCUT2D eigenvalue weighted by Gasteiger charge is 2.33. The first-order valence-corrected chi connectivity index (χ1v) is 16.0. The lowest BCUT2D eigenvalue weighted by atomic mass is 9.87. The van der Waals surface area contributed by atoms with Gasteiger partial charge in [-0.25, -0.2) is 28.1 Å². The number of rotatable bonds is 5. The first-order valence-electron chi connectivity index (χ1n) is 14.6. The Balaban J connectivity index is 1.63. The SMILES string of the molecule is Cc1cccc(C)c1-c1cc2nc(n1)NS(=O)(=O)c1cccc(c1)C(=O)N(Cc1ncc(OC(F)(F)F)cn1)[C@H](CC(C)(C)C)CO2. The number of amides is 1. The molecule has 2 aromatic carbocycles. The largest absolute Gasteiger partial charge is 0.573 e. The molecule has 1 N–H and O–H groups in total. The summed E-state index contributed by atoms with van der Waals surface area (Å²) >= 11 is 0. The number of halogens is 3. The number of carbonyl (C=O) groups is 1. The normalized spacial score (nSPS) is 16.6. The molecule has 1 atom stereocenters. The Kier molecular flexibility index (Phi) is 9.13. The first kappa shape index (κ1) is 33.6. The molecule has 1 aliphatic heterocycles. The van der Waals surface area contributed by atoms with Crippen LogP contribution in [0.15, 0.2) is 65.8 Å². The lowest BCUT2D eigenvalue weighted by Gasteiger charge is -2.35. The van der Waals surface area contributed by atoms with Crippen molar-refractivity contribution in [1.29, 1.82) is 0 Å². The molecule has 0 fully saturated rings. The van der Waals surface area contributed by atoms with Crippen molar-refractivity contribution in [3.8, 4) is 22.9 Å². The summed E-state index contributed by atoms with van der Waals surface area (Å²) in [4.78, 5) is 32.3. The fourth-order valence-corrected chi connectivity index (χ4v) is 6.30. The molecule has 0 saturated carbocycles. The molecule has 0 radical (unpaired) electrons. The second-order valence-electron chi connectivity index (χ2n) is 12.4. The lowest BCUT2D eigenvalue weighted by Crippen LogP contribution is -2.45. The minimum absolute atomic E-state index is 0.0307. The molecule has 0 aliphatic carbocycles. The molecule has 4 bridgehead atoms. The van der Waals surface area contributed by atoms with Crippen LogP contribution in [0.4, 0.5) is 19.1 Å². The van der Waals surface area contributed by atoms with Crippen molar-refractivity contribution < 1.29 is 35.9 Å². The number of hydrogen-bond donors (Lipinski definition) is 1. The molecular weight excluding hydrogens is 637 g/mol. The zero-order chi connectivity index (χ0) is 34.1. The minimum Gasteiger partial charge on any atom is -0.475 e. The molecule has 1 aliphatic rings. The van der Waals surface area contributed by atoms with Crippen molar-refractivity contribution >= 4 is 21.9 Å². The molecule has 2 aromatic heterocycles. The van der Waals surface area contributed by atoms with E-state index in [1.807, 2.05) is 52.8 Å². The number of aromatic nitrogens is 4. The van der Waals surface area contributed by atoms with Crippen LogP contribution >= 0.6 is 0 Å². The second-order valence-corrected chi connectivity index (χ2v) is 14.0. The van der Waals surface area contributed by atoms with Gasteiger partial charge in [0.2, 0.25) is 11.8 Å². The van der Waals surface area contributed by atoms with Crippen LogP contribution in [-0.4, -0.2) is 58.2 Å². The van der Waals surface area contributed by atoms with E-state index in [2.05, 4.69) is 29.4 Å². The molecule has 15 heteroatoms. The molecule has 0 unspecified atom stereocenters. The molecule has 1 amide bonds. The van der Waals surface area contributed by atoms with Crippen molar-refractivity contribution in [3.63, 3.8) is 0 Å². The summed E-state index contributed by atoms with van der Waals surface area (Å²) in [5, 5.41) is 0. The van der Waals surface area contributed by atoms with E-state index in [9.17, 15) is 26.4 Å². The Morgan fingerprint density at radius 1 is 1.00 bits per heavy atom. The van der Waals surface area contributed by atoms with Gasteiger partial charge in [0.05, 0.1) is 35.6 Å². The predicted octanol–water partition coefficient (Wildman–Crippen LogP) is 6.09. The third kappa shape index (κ3) is 8.33. The maximum Gasteiger partial charge on any atom is 0.573 e. The zero-order valence-electron chi connectivity index (χ0n) is 26.3. The van der Waals surface area contributed by atoms with Crippen LogP contribution in [0.25, 0.3) is 11.3 Å². The molecule has 5 rings (SSSR count). The maximum absolute atomic E-state index is 14.2. The summed E-state index contributed by atoms with van der Waals surface area (Å²) in [7, 11) is -4.27. The van der Waals surface area contributed by atoms with Gasteiger partial charge in [0.1, 0.15) is 12.4 Å². The molecule has 47 heavy (non-hydrogen) atoms. The van der Waals surface area contributed by atoms with Gasteiger partial charge in [0.25, 0.3) is 15.9 Å². The van der Waals surface area contributed by atoms with Crippen LogP contribution < -0.4 is 14.2 Å². The van der Waals surface area contributed by atoms with Crippen LogP contribution in [0.5, 0.6) is 11.6 Å². The Labute approximate surface area is 270 Å². The quantitative estimate of drug-likeness (QED) is 0.268. The number of ether oxygens (including phenoxy) is 2. The van der Waals surface area contributed by atoms with E-state index >= 15 is 0 Å². The van der Waals surface area contributed by atoms with Gasteiger partial charge in [0.15, 0.2) is 5.75 Å². The third-order valence-electron chi connectivity index (χ3n) is 7.26. The summed E-state index contributed by atoms with van der Waals surface area (Å²) in [5.41, 5.74) is 2.74. The smallest absolute Gasteiger partial charge is 0.475 e. The molecule has 11 nitrogen and oxygen atoms in total. The first-order chi connectivity index (χ1) is 22.0. The third-order valence-corrected chi connectivity index (χ3v) is 8.58. The van der Waals surface area contributed by atoms with E-state index in [4.69, 9.17) is 4.74 Å². The number of hydrogen-bond acceptors (Lipinski definition) is 9. The number of fused-ring (bicyclic) bond motifs is 4. The predicted molar refractivity (Wildman–Crippen MR) is 166 cm³/mol. The maximum atomic E-state index is 14.2. The van der Waals surface area contributed by atoms with Crippen LogP contribution in [-0.2, 0) is 16.6 Å². The van der Waals surface area contributed by atoms with Gasteiger partial charge >= 0.3 is 6.36 Å². The zero-order valence-corrected chi connectivity index (χ0v) is 27.1. The molecule has 0 saturated heterocycles. The molecule has 4 aromatic rings. The monoisotopic (exact) mass is 670 g/mol. The Bertz CT molecular complexity index is 1880. The standard InChI is InChI=1S/C32H33F3N6O5S/c1-19-8-6-9-20(2)28(19)25-13-27-39-30(38-25)40-47(43,44)24-11-7-10-21(12-24)29(42)41(22(18-45-27)14-31(3,4)5)17-26-36-15-23(16-37-26)46-32(33,34)35/h6-13,15-16,22H,14,17-18H2,1-5H3,(H,38,39,40)/t22-/m1/s1. The number of aryl methyl sites for hydroxylation is 2. The number of benzene rings is 2. The topological polar surface area (TPSA) is 136 Å². The van der Waals surface area contributed by atoms with Crippen LogP contribution in [0.3, 0.4) is 0 Å². The van der Waals surface area contributed by atoms with Gasteiger partial charge in [-0.3, -0.25) is 4.79 Å². The Morgan fingerprint density at radius 2 is 1.66 bits per heavy atom. The number of nitrogens with one attached hydrogen (secondary N) is 1. The number of alkyl halides is 3. The van der Waals surface area contributed by atoms with E-state index in [1.54, 1.807) is 6.07 Å². The number of carbonyl (C=O) groups excluding carboxylic acids is 1. The Morgan fingerprint density at radius 3 is 2.30 bits per heavy atom. The van der Waals surface area contributed by atoms with E-state index in [1.165, 1.54) is 29.2 Å². The number of anilines is 1. The van der Waals surface area contributed by atoms with E-state index in [0.717, 1.165) is 29.1 Å². The molecular formula is C32H33F3N6O5S. The summed E-state index contributed by atoms with van der Waals surface area (Å²) in [6.07, 6.45) is -2.78. The highest BCUT2D eigenvalue weighted by molar-refractivity contribution is 7.92. The molecule has 0 spiro atoms. The van der Waals surface area contributed by atoms with Crippen molar-refractivity contribution in [2.45, 2.75) is 64.9 Å². The second kappa shape index (κ2) is 12.8. The van der Waals surface area contributed by atoms with Gasteiger partial charge in [-0.05, 0) is 55.0 Å². The lowest BCUT2D eigenvalue weighted by molar-refractivity contribution is -0.274. The van der Waals surface area contributed by atoms with Crippen LogP contribution in [0, 0.1) is 19.3 Å². The minimum atomic E-state index is -4.93. The van der Waals surface area contributed by atoms with Gasteiger partial charge in [-0.15, -0.1) is 13.2 Å². The van der Waals surface area contributed by atoms with Gasteiger partial charge in [-0.1, -0.05) is 45.0 Å². The van der Waals surface area contributed by atoms with E-state index in [0.29, 0.717) is 12.1 Å². The summed E-state index contributed by atoms with van der Waals surface area (Å²) in [6.45, 7) is 9.46. The van der Waals surface area contributed by atoms with Gasteiger partial charge < -0.3 is 14.4 Å². The van der Waals surface area contributed by atoms with Crippen molar-refractivity contribution in [3.05, 3.63) is 83.4 Å². The summed E-state index contributed by atoms with van der Waals surface area (Å²) < 4.78 is 77.8. The average molecular weight is 671 g/mol. The van der Waals surface area contributed by atoms with E-state index < -0.39 is 34.1 Å². The number of nitrogens with zero attached hydrogens (tertiary/aromatic N) is 5. The number of sulfonamides is 1. The fourth-order valence-electron chi connectivity index (χ4n) is 5.31. The van der Waals surface area contributed by atoms with Crippen LogP contribution in [0.2, 0.25) is 0 Å². The van der Waals surface area contributed by atoms with Crippen LogP contribution in [0.1, 0.15) is 54.5 Å². The van der Waals surface area contributed by atoms with Crippen molar-refractivity contribution in [1.82, 2.24) is 24.8 Å². The van der Waals surface area contributed by atoms with Gasteiger partial charge in [-0.2, -0.15) is 4.98 Å². The highest BCUT2D eigenvalue weighted by Crippen LogP contribution is 2.32. The molecule has 248 valence electrons. The van der Waals surface area contributed by atoms with Crippen molar-refractivity contribution in [2.24, 2.45) is 5.41 Å². The Hall–Kier alpha value is -4.79.